The molecule has 0 aliphatic carbocycles. The van der Waals surface area contributed by atoms with Crippen LogP contribution >= 0.6 is 0 Å². The first-order valence-electron chi connectivity index (χ1n) is 16.0. The molecule has 0 amide bonds. The van der Waals surface area contributed by atoms with Crippen molar-refractivity contribution in [3.8, 4) is 5.75 Å². The number of carboxylic acids is 1. The van der Waals surface area contributed by atoms with E-state index in [4.69, 9.17) is 11.5 Å². The van der Waals surface area contributed by atoms with Crippen molar-refractivity contribution in [1.82, 2.24) is 0 Å². The van der Waals surface area contributed by atoms with Gasteiger partial charge in [-0.25, -0.2) is 25.3 Å². The van der Waals surface area contributed by atoms with Gasteiger partial charge in [0.25, 0.3) is 0 Å². The number of nitrogens with zero attached hydrogens (tertiary/aromatic N) is 6. The van der Waals surface area contributed by atoms with E-state index in [9.17, 15) is 53.9 Å². The Balaban J connectivity index is 0.00000480. The van der Waals surface area contributed by atoms with Crippen LogP contribution in [0.2, 0.25) is 0 Å². The molecule has 0 aromatic heterocycles. The summed E-state index contributed by atoms with van der Waals surface area (Å²) in [7, 11) is -15.1. The van der Waals surface area contributed by atoms with E-state index < -0.39 is 62.3 Å². The van der Waals surface area contributed by atoms with Crippen molar-refractivity contribution in [3.63, 3.8) is 0 Å². The molecule has 27 heteroatoms. The van der Waals surface area contributed by atoms with Crippen molar-refractivity contribution >= 4 is 94.0 Å². The van der Waals surface area contributed by atoms with Gasteiger partial charge in [0, 0.05) is 5.56 Å². The third-order valence-electron chi connectivity index (χ3n) is 7.99. The molecule has 300 valence electrons. The number of anilines is 2. The molecule has 0 atom stereocenters. The molecule has 0 heterocycles. The van der Waals surface area contributed by atoms with Crippen LogP contribution in [0.5, 0.6) is 5.75 Å². The molecule has 5 aromatic rings. The summed E-state index contributed by atoms with van der Waals surface area (Å²) in [4.78, 5) is 9.25. The van der Waals surface area contributed by atoms with Gasteiger partial charge in [0.15, 0.2) is 0 Å². The van der Waals surface area contributed by atoms with Gasteiger partial charge < -0.3 is 40.1 Å². The third-order valence-corrected chi connectivity index (χ3v) is 10.6. The van der Waals surface area contributed by atoms with Gasteiger partial charge in [-0.2, -0.15) is 20.5 Å². The fraction of sp³-hybridized carbons (Fsp3) is 0.0571. The normalized spacial score (nSPS) is 11.9. The van der Waals surface area contributed by atoms with Crippen LogP contribution < -0.4 is 92.0 Å². The molecule has 20 nitrogen and oxygen atoms in total. The standard InChI is InChI=1S/C35H30N8O12S3.4Li/c1-18-14-28(42-38-22-9-11-26(12-10-22)56(47,48)49)32(37)33(31(18)36)43-40-24-8-6-21(30(17-24)58(53,54)55)4-3-20-5-7-23(16-29(20)57(50,51)52)39-41-25-13-19(2)34(44)27(15-25)35(45)46;;;;/h3-17,44H,36-37H2,1-2H3,(H,45,46)(H,47,48,49)(H,50,51,52)(H,53,54,55);;;;/q;4*+1/p-4. The number of benzene rings is 5. The molecule has 0 saturated carbocycles. The van der Waals surface area contributed by atoms with Gasteiger partial charge in [0.2, 0.25) is 0 Å². The van der Waals surface area contributed by atoms with Gasteiger partial charge >= 0.3 is 75.4 Å². The van der Waals surface area contributed by atoms with Crippen LogP contribution in [0.1, 0.15) is 32.6 Å². The Labute approximate surface area is 403 Å². The molecule has 0 radical (unpaired) electrons. The summed E-state index contributed by atoms with van der Waals surface area (Å²) in [5.41, 5.74) is 11.7. The summed E-state index contributed by atoms with van der Waals surface area (Å²) in [5, 5.41) is 44.9. The van der Waals surface area contributed by atoms with Gasteiger partial charge in [-0.3, -0.25) is 0 Å². The monoisotopic (exact) mass is 874 g/mol. The second kappa shape index (κ2) is 22.3. The first-order valence-corrected chi connectivity index (χ1v) is 20.2. The van der Waals surface area contributed by atoms with Gasteiger partial charge in [0.05, 0.1) is 54.8 Å². The zero-order valence-electron chi connectivity index (χ0n) is 33.7. The third kappa shape index (κ3) is 13.8. The van der Waals surface area contributed by atoms with E-state index in [-0.39, 0.29) is 138 Å². The Morgan fingerprint density at radius 1 is 0.565 bits per heavy atom. The first kappa shape index (κ1) is 55.6. The van der Waals surface area contributed by atoms with E-state index in [1.165, 1.54) is 43.3 Å². The Kier molecular flexibility index (Phi) is 20.0. The molecule has 0 aliphatic rings. The average Bonchev–Trinajstić information content (AvgIpc) is 3.14. The van der Waals surface area contributed by atoms with Crippen LogP contribution in [0.15, 0.2) is 124 Å². The van der Waals surface area contributed by atoms with E-state index in [0.717, 1.165) is 54.6 Å². The van der Waals surface area contributed by atoms with Gasteiger partial charge in [-0.1, -0.05) is 24.3 Å². The number of nitrogens with two attached hydrogens (primary N) is 2. The van der Waals surface area contributed by atoms with Crippen molar-refractivity contribution in [2.45, 2.75) is 28.5 Å². The SMILES string of the molecule is Cc1cc(N=Nc2ccc(S(=O)(=O)[O-])cc2)c(N)c(N=Nc2ccc(C=Cc3ccc(N=Nc4cc(C)c(O)c(C(=O)[O-])c4)cc3S(=O)(=O)[O-])c(S(=O)(=O)[O-])c2)c1N.[Li+].[Li+].[Li+].[Li+]. The molecule has 62 heavy (non-hydrogen) atoms. The number of phenols is 1. The van der Waals surface area contributed by atoms with E-state index in [1.54, 1.807) is 6.92 Å². The molecule has 0 aliphatic heterocycles. The molecule has 5 rings (SSSR count). The summed E-state index contributed by atoms with van der Waals surface area (Å²) >= 11 is 0. The summed E-state index contributed by atoms with van der Waals surface area (Å²) < 4.78 is 107. The summed E-state index contributed by atoms with van der Waals surface area (Å²) in [5.74, 6) is -2.22. The molecular formula is C35H26Li4N8O12S3. The van der Waals surface area contributed by atoms with Crippen LogP contribution in [0.3, 0.4) is 0 Å². The molecule has 5 N–H and O–H groups in total. The fourth-order valence-corrected chi connectivity index (χ4v) is 6.90. The van der Waals surface area contributed by atoms with E-state index in [0.29, 0.717) is 5.56 Å². The molecule has 5 aromatic carbocycles. The quantitative estimate of drug-likeness (QED) is 0.0345. The minimum absolute atomic E-state index is 0. The number of aryl methyl sites for hydroxylation is 2. The number of rotatable bonds is 12. The zero-order valence-corrected chi connectivity index (χ0v) is 36.1. The van der Waals surface area contributed by atoms with E-state index in [2.05, 4.69) is 30.7 Å². The van der Waals surface area contributed by atoms with Crippen molar-refractivity contribution in [2.75, 3.05) is 11.5 Å². The Morgan fingerprint density at radius 2 is 1.02 bits per heavy atom. The van der Waals surface area contributed by atoms with Gasteiger partial charge in [0.1, 0.15) is 47.5 Å². The van der Waals surface area contributed by atoms with Crippen molar-refractivity contribution in [2.24, 2.45) is 30.7 Å². The maximum Gasteiger partial charge on any atom is 1.00 e. The molecular weight excluding hydrogens is 848 g/mol. The van der Waals surface area contributed by atoms with Crippen molar-refractivity contribution < 1.29 is 129 Å². The van der Waals surface area contributed by atoms with Crippen LogP contribution in [0.25, 0.3) is 12.2 Å². The summed E-state index contributed by atoms with van der Waals surface area (Å²) in [6.07, 6.45) is 2.13. The summed E-state index contributed by atoms with van der Waals surface area (Å²) in [6, 6.07) is 14.9. The second-order valence-corrected chi connectivity index (χ2v) is 16.1. The fourth-order valence-electron chi connectivity index (χ4n) is 5.05. The minimum Gasteiger partial charge on any atom is -0.744 e. The molecule has 0 bridgehead atoms. The molecule has 0 unspecified atom stereocenters. The van der Waals surface area contributed by atoms with E-state index in [1.807, 2.05) is 0 Å². The topological polar surface area (TPSA) is 358 Å². The Hall–Kier alpha value is -4.37. The average molecular weight is 875 g/mol. The number of carboxylic acid groups (broad SMARTS) is 1. The molecule has 0 spiro atoms. The van der Waals surface area contributed by atoms with Crippen molar-refractivity contribution in [3.05, 3.63) is 107 Å². The predicted molar refractivity (Wildman–Crippen MR) is 202 cm³/mol. The number of hydrogen-bond acceptors (Lipinski definition) is 20. The Bertz CT molecular complexity index is 2970. The number of nitrogen functional groups attached to an aromatic ring is 2. The first-order chi connectivity index (χ1) is 27.0. The smallest absolute Gasteiger partial charge is 0.744 e. The largest absolute Gasteiger partial charge is 1.00 e. The summed E-state index contributed by atoms with van der Waals surface area (Å²) in [6.45, 7) is 3.00. The number of aromatic carboxylic acids is 1. The van der Waals surface area contributed by atoms with E-state index >= 15 is 0 Å². The number of azo groups is 3. The predicted octanol–water partition coefficient (Wildman–Crippen LogP) is -6.32. The van der Waals surface area contributed by atoms with Crippen LogP contribution in [0.4, 0.5) is 45.5 Å². The van der Waals surface area contributed by atoms with Crippen LogP contribution in [0, 0.1) is 13.8 Å². The van der Waals surface area contributed by atoms with Gasteiger partial charge in [-0.05, 0) is 103 Å². The number of carbonyl (C=O) groups is 1. The maximum absolute atomic E-state index is 12.3. The Morgan fingerprint density at radius 3 is 1.48 bits per heavy atom. The molecule has 0 fully saturated rings. The number of carbonyl (C=O) groups excluding carboxylic acids is 1. The molecule has 0 saturated heterocycles. The van der Waals surface area contributed by atoms with Crippen LogP contribution in [-0.2, 0) is 30.4 Å². The number of aromatic hydroxyl groups is 1. The maximum atomic E-state index is 12.3. The van der Waals surface area contributed by atoms with Gasteiger partial charge in [-0.15, -0.1) is 10.2 Å². The van der Waals surface area contributed by atoms with Crippen molar-refractivity contribution in [1.29, 1.82) is 0 Å². The van der Waals surface area contributed by atoms with Crippen LogP contribution in [-0.4, -0.2) is 50.0 Å². The number of hydrogen-bond donors (Lipinski definition) is 3. The zero-order chi connectivity index (χ0) is 42.7. The minimum atomic E-state index is -5.21. The second-order valence-electron chi connectivity index (χ2n) is 12.1.